The number of Topliss-reactive ketones (excluding diaryl/α,β-unsaturated/α-hetero) is 1. The van der Waals surface area contributed by atoms with Crippen LogP contribution in [0.4, 0.5) is 0 Å². The first kappa shape index (κ1) is 18.2. The third kappa shape index (κ3) is 4.67. The topological polar surface area (TPSA) is 76.4 Å². The molecule has 0 radical (unpaired) electrons. The molecule has 25 heavy (non-hydrogen) atoms. The van der Waals surface area contributed by atoms with Crippen LogP contribution in [0, 0.1) is 32.1 Å². The van der Waals surface area contributed by atoms with Gasteiger partial charge in [-0.25, -0.2) is 4.79 Å². The first-order valence-corrected chi connectivity index (χ1v) is 7.81. The van der Waals surface area contributed by atoms with Gasteiger partial charge in [-0.15, -0.1) is 0 Å². The van der Waals surface area contributed by atoms with E-state index in [1.165, 1.54) is 0 Å². The summed E-state index contributed by atoms with van der Waals surface area (Å²) in [6.07, 6.45) is 0. The second-order valence-corrected chi connectivity index (χ2v) is 5.75. The summed E-state index contributed by atoms with van der Waals surface area (Å²) in [4.78, 5) is 24.1. The van der Waals surface area contributed by atoms with E-state index < -0.39 is 5.97 Å². The summed E-state index contributed by atoms with van der Waals surface area (Å²) < 4.78 is 10.3. The van der Waals surface area contributed by atoms with E-state index in [2.05, 4.69) is 0 Å². The molecule has 0 heterocycles. The average molecular weight is 337 g/mol. The largest absolute Gasteiger partial charge is 0.481 e. The normalized spacial score (nSPS) is 10.0. The van der Waals surface area contributed by atoms with E-state index in [4.69, 9.17) is 14.7 Å². The van der Waals surface area contributed by atoms with Gasteiger partial charge in [0.2, 0.25) is 5.78 Å². The van der Waals surface area contributed by atoms with Crippen molar-refractivity contribution >= 4 is 11.8 Å². The Balaban J connectivity index is 1.92. The van der Waals surface area contributed by atoms with Crippen molar-refractivity contribution in [3.8, 4) is 11.8 Å². The number of ether oxygens (including phenoxy) is 2. The fourth-order valence-electron chi connectivity index (χ4n) is 2.70. The first-order valence-electron chi connectivity index (χ1n) is 7.81. The minimum atomic E-state index is -0.663. The van der Waals surface area contributed by atoms with E-state index in [0.717, 1.165) is 16.7 Å². The van der Waals surface area contributed by atoms with Gasteiger partial charge in [-0.1, -0.05) is 29.8 Å². The van der Waals surface area contributed by atoms with Crippen LogP contribution in [-0.4, -0.2) is 25.0 Å². The van der Waals surface area contributed by atoms with Crippen molar-refractivity contribution in [2.75, 3.05) is 13.2 Å². The highest BCUT2D eigenvalue weighted by molar-refractivity contribution is 6.00. The Labute approximate surface area is 146 Å². The van der Waals surface area contributed by atoms with Crippen LogP contribution in [0.15, 0.2) is 36.4 Å². The molecule has 0 fully saturated rings. The molecule has 0 spiro atoms. The van der Waals surface area contributed by atoms with Gasteiger partial charge in [-0.3, -0.25) is 4.79 Å². The zero-order chi connectivity index (χ0) is 18.4. The maximum absolute atomic E-state index is 12.3. The zero-order valence-electron chi connectivity index (χ0n) is 14.5. The summed E-state index contributed by atoms with van der Waals surface area (Å²) >= 11 is 0. The summed E-state index contributed by atoms with van der Waals surface area (Å²) in [7, 11) is 0. The number of carbonyl (C=O) groups is 2. The van der Waals surface area contributed by atoms with E-state index in [-0.39, 0.29) is 19.0 Å². The maximum Gasteiger partial charge on any atom is 0.344 e. The molecule has 5 heteroatoms. The number of hydrogen-bond donors (Lipinski definition) is 0. The van der Waals surface area contributed by atoms with Crippen LogP contribution in [0.2, 0.25) is 0 Å². The van der Waals surface area contributed by atoms with Crippen LogP contribution >= 0.6 is 0 Å². The van der Waals surface area contributed by atoms with Gasteiger partial charge in [0.05, 0.1) is 5.56 Å². The SMILES string of the molecule is Cc1cc(C)c(C(=O)COC(=O)COc2ccccc2C#N)c(C)c1. The number of para-hydroxylation sites is 1. The van der Waals surface area contributed by atoms with Crippen molar-refractivity contribution in [3.05, 3.63) is 64.2 Å². The Hall–Kier alpha value is -3.13. The van der Waals surface area contributed by atoms with Gasteiger partial charge in [0.25, 0.3) is 0 Å². The van der Waals surface area contributed by atoms with Crippen LogP contribution < -0.4 is 4.74 Å². The third-order valence-corrected chi connectivity index (χ3v) is 3.67. The lowest BCUT2D eigenvalue weighted by Gasteiger charge is -2.11. The van der Waals surface area contributed by atoms with E-state index in [9.17, 15) is 9.59 Å². The third-order valence-electron chi connectivity index (χ3n) is 3.67. The quantitative estimate of drug-likeness (QED) is 0.597. The first-order chi connectivity index (χ1) is 11.9. The zero-order valence-corrected chi connectivity index (χ0v) is 14.5. The van der Waals surface area contributed by atoms with Crippen molar-refractivity contribution in [3.63, 3.8) is 0 Å². The molecule has 0 bridgehead atoms. The summed E-state index contributed by atoms with van der Waals surface area (Å²) in [5.74, 6) is -0.609. The molecule has 0 unspecified atom stereocenters. The molecule has 0 atom stereocenters. The van der Waals surface area contributed by atoms with Crippen LogP contribution in [0.1, 0.15) is 32.6 Å². The molecule has 2 aromatic carbocycles. The molecular weight excluding hydrogens is 318 g/mol. The second-order valence-electron chi connectivity index (χ2n) is 5.75. The Morgan fingerprint density at radius 1 is 1.04 bits per heavy atom. The van der Waals surface area contributed by atoms with Crippen LogP contribution in [0.25, 0.3) is 0 Å². The van der Waals surface area contributed by atoms with Gasteiger partial charge in [-0.05, 0) is 44.0 Å². The van der Waals surface area contributed by atoms with E-state index >= 15 is 0 Å². The maximum atomic E-state index is 12.3. The minimum Gasteiger partial charge on any atom is -0.481 e. The van der Waals surface area contributed by atoms with Gasteiger partial charge in [0, 0.05) is 5.56 Å². The van der Waals surface area contributed by atoms with Gasteiger partial charge in [0.15, 0.2) is 13.2 Å². The van der Waals surface area contributed by atoms with Gasteiger partial charge in [-0.2, -0.15) is 5.26 Å². The fourth-order valence-corrected chi connectivity index (χ4v) is 2.70. The van der Waals surface area contributed by atoms with Crippen LogP contribution in [-0.2, 0) is 9.53 Å². The predicted molar refractivity (Wildman–Crippen MR) is 92.6 cm³/mol. The highest BCUT2D eigenvalue weighted by atomic mass is 16.6. The number of aryl methyl sites for hydroxylation is 3. The number of rotatable bonds is 6. The number of ketones is 1. The molecule has 0 N–H and O–H groups in total. The summed E-state index contributed by atoms with van der Waals surface area (Å²) in [5.41, 5.74) is 3.70. The van der Waals surface area contributed by atoms with Gasteiger partial charge in [0.1, 0.15) is 11.8 Å². The van der Waals surface area contributed by atoms with Crippen molar-refractivity contribution in [1.82, 2.24) is 0 Å². The number of nitrogens with zero attached hydrogens (tertiary/aromatic N) is 1. The Morgan fingerprint density at radius 2 is 1.68 bits per heavy atom. The predicted octanol–water partition coefficient (Wildman–Crippen LogP) is 3.29. The molecule has 0 saturated heterocycles. The average Bonchev–Trinajstić information content (AvgIpc) is 2.57. The molecule has 0 amide bonds. The number of carbonyl (C=O) groups excluding carboxylic acids is 2. The molecule has 0 saturated carbocycles. The van der Waals surface area contributed by atoms with Crippen molar-refractivity contribution < 1.29 is 19.1 Å². The molecular formula is C20H19NO4. The molecule has 0 aromatic heterocycles. The smallest absolute Gasteiger partial charge is 0.344 e. The number of esters is 1. The molecule has 0 aliphatic heterocycles. The van der Waals surface area contributed by atoms with E-state index in [0.29, 0.717) is 16.9 Å². The monoisotopic (exact) mass is 337 g/mol. The lowest BCUT2D eigenvalue weighted by atomic mass is 9.97. The number of hydrogen-bond acceptors (Lipinski definition) is 5. The highest BCUT2D eigenvalue weighted by Crippen LogP contribution is 2.18. The lowest BCUT2D eigenvalue weighted by molar-refractivity contribution is -0.144. The number of benzene rings is 2. The van der Waals surface area contributed by atoms with E-state index in [1.807, 2.05) is 39.0 Å². The minimum absolute atomic E-state index is 0.249. The Morgan fingerprint density at radius 3 is 2.32 bits per heavy atom. The van der Waals surface area contributed by atoms with Crippen LogP contribution in [0.5, 0.6) is 5.75 Å². The van der Waals surface area contributed by atoms with E-state index in [1.54, 1.807) is 24.3 Å². The Kier molecular flexibility index (Phi) is 5.91. The van der Waals surface area contributed by atoms with Crippen LogP contribution in [0.3, 0.4) is 0 Å². The van der Waals surface area contributed by atoms with Crippen molar-refractivity contribution in [2.24, 2.45) is 0 Å². The molecule has 128 valence electrons. The van der Waals surface area contributed by atoms with Gasteiger partial charge >= 0.3 is 5.97 Å². The summed E-state index contributed by atoms with van der Waals surface area (Å²) in [6.45, 7) is 4.98. The van der Waals surface area contributed by atoms with Gasteiger partial charge < -0.3 is 9.47 Å². The lowest BCUT2D eigenvalue weighted by Crippen LogP contribution is -2.20. The standard InChI is InChI=1S/C20H19NO4/c1-13-8-14(2)20(15(3)9-13)17(22)11-25-19(23)12-24-18-7-5-4-6-16(18)10-21/h4-9H,11-12H2,1-3H3. The molecule has 0 aliphatic rings. The van der Waals surface area contributed by atoms with Crippen molar-refractivity contribution in [2.45, 2.75) is 20.8 Å². The Bertz CT molecular complexity index is 826. The molecule has 0 aliphatic carbocycles. The molecule has 5 nitrogen and oxygen atoms in total. The molecule has 2 aromatic rings. The highest BCUT2D eigenvalue weighted by Gasteiger charge is 2.15. The summed E-state index contributed by atoms with van der Waals surface area (Å²) in [6, 6.07) is 12.4. The fraction of sp³-hybridized carbons (Fsp3) is 0.250. The molecule has 2 rings (SSSR count). The summed E-state index contributed by atoms with van der Waals surface area (Å²) in [5, 5.41) is 8.97. The second kappa shape index (κ2) is 8.11. The number of nitriles is 1. The van der Waals surface area contributed by atoms with Crippen molar-refractivity contribution in [1.29, 1.82) is 5.26 Å².